The number of carboxylic acids is 1. The fourth-order valence-electron chi connectivity index (χ4n) is 9.26. The van der Waals surface area contributed by atoms with E-state index in [1.807, 2.05) is 0 Å². The molecular formula is C58H73N11O18. The lowest BCUT2D eigenvalue weighted by Gasteiger charge is -2.31. The maximum atomic E-state index is 14.8. The van der Waals surface area contributed by atoms with Crippen molar-refractivity contribution in [2.45, 2.75) is 132 Å². The summed E-state index contributed by atoms with van der Waals surface area (Å²) in [6, 6.07) is 7.70. The number of aliphatic carboxylic acids is 1. The highest BCUT2D eigenvalue weighted by Crippen LogP contribution is 2.22. The molecular weight excluding hydrogens is 1140 g/mol. The standard InChI is InChI=1S/C58H73N11O18/c1-30(71)49(58(86)87)68-54(82)43(27-33-8-16-37(74)17-9-33)65-56(84)46-3-2-24-69(46)57(85)44(28-34-10-18-38(75)19-11-34)66-55(83)45(29-70)67-53(81)42(26-32-6-14-36(73)15-7-32)64-52(80)41(25-31-4-12-35(72)13-5-31)63-51(79)40(21-23-48(61)77)62-50(78)39(59)20-22-47(60)76/h4-19,30,39-46,49,70-75H,2-3,20-29,59H2,1H3,(H2,60,76)(H2,61,77)(H,62,78)(H,63,79)(H,64,80)(H,65,84)(H,66,83)(H,67,81)(H,68,82)(H,86,87)/t30-,39+,40+,41+,42+,43+,44+,45+,46+,49+/m1/s1. The number of aliphatic hydroxyl groups is 2. The number of hydrogen-bond donors (Lipinski definition) is 17. The van der Waals surface area contributed by atoms with Gasteiger partial charge in [-0.25, -0.2) is 4.79 Å². The third-order valence-electron chi connectivity index (χ3n) is 14.1. The highest BCUT2D eigenvalue weighted by molar-refractivity contribution is 5.99. The number of benzene rings is 4. The number of nitrogens with zero attached hydrogens (tertiary/aromatic N) is 1. The largest absolute Gasteiger partial charge is 0.508 e. The highest BCUT2D eigenvalue weighted by Gasteiger charge is 2.41. The van der Waals surface area contributed by atoms with E-state index in [1.54, 1.807) is 0 Å². The van der Waals surface area contributed by atoms with Crippen LogP contribution in [0.3, 0.4) is 0 Å². The predicted molar refractivity (Wildman–Crippen MR) is 307 cm³/mol. The number of carbonyl (C=O) groups excluding carboxylic acids is 10. The van der Waals surface area contributed by atoms with Crippen LogP contribution in [0.15, 0.2) is 97.1 Å². The molecule has 4 aromatic carbocycles. The SMILES string of the molecule is C[C@@H](O)[C@H](NC(=O)[C@H](Cc1ccc(O)cc1)NC(=O)[C@@H]1CCCN1C(=O)[C@H](Cc1ccc(O)cc1)NC(=O)[C@H](CO)NC(=O)[C@H](Cc1ccc(O)cc1)NC(=O)[C@H](Cc1ccc(O)cc1)NC(=O)[C@H](CCC(N)=O)NC(=O)[C@@H](N)CCC(N)=O)C(=O)O. The Bertz CT molecular complexity index is 3080. The number of phenols is 4. The van der Waals surface area contributed by atoms with Crippen LogP contribution in [-0.4, -0.2) is 179 Å². The molecule has 10 atom stereocenters. The van der Waals surface area contributed by atoms with Crippen molar-refractivity contribution in [2.75, 3.05) is 13.2 Å². The molecule has 1 heterocycles. The summed E-state index contributed by atoms with van der Waals surface area (Å²) in [4.78, 5) is 150. The van der Waals surface area contributed by atoms with Gasteiger partial charge in [0.1, 0.15) is 65.3 Å². The van der Waals surface area contributed by atoms with Gasteiger partial charge in [0.2, 0.25) is 59.1 Å². The number of aliphatic hydroxyl groups excluding tert-OH is 2. The van der Waals surface area contributed by atoms with Gasteiger partial charge in [-0.15, -0.1) is 0 Å². The monoisotopic (exact) mass is 1210 g/mol. The number of nitrogens with one attached hydrogen (secondary N) is 7. The number of hydrogen-bond acceptors (Lipinski definition) is 18. The third-order valence-corrected chi connectivity index (χ3v) is 14.1. The van der Waals surface area contributed by atoms with Crippen LogP contribution in [0.25, 0.3) is 0 Å². The molecule has 1 aliphatic rings. The van der Waals surface area contributed by atoms with Crippen LogP contribution in [-0.2, 0) is 78.4 Å². The van der Waals surface area contributed by atoms with Gasteiger partial charge in [-0.1, -0.05) is 48.5 Å². The number of aromatic hydroxyl groups is 4. The normalized spacial score (nSPS) is 15.9. The Morgan fingerprint density at radius 3 is 1.24 bits per heavy atom. The molecule has 20 N–H and O–H groups in total. The molecule has 0 aromatic heterocycles. The molecule has 1 fully saturated rings. The van der Waals surface area contributed by atoms with Gasteiger partial charge in [0.15, 0.2) is 6.04 Å². The van der Waals surface area contributed by atoms with Gasteiger partial charge >= 0.3 is 5.97 Å². The summed E-state index contributed by atoms with van der Waals surface area (Å²) in [5.41, 5.74) is 18.0. The zero-order valence-electron chi connectivity index (χ0n) is 47.3. The van der Waals surface area contributed by atoms with Crippen LogP contribution in [0, 0.1) is 0 Å². The summed E-state index contributed by atoms with van der Waals surface area (Å²) in [5.74, 6) is -11.7. The molecule has 4 aromatic rings. The fourth-order valence-corrected chi connectivity index (χ4v) is 9.26. The summed E-state index contributed by atoms with van der Waals surface area (Å²) in [7, 11) is 0. The quantitative estimate of drug-likeness (QED) is 0.0225. The van der Waals surface area contributed by atoms with Gasteiger partial charge in [-0.2, -0.15) is 0 Å². The maximum Gasteiger partial charge on any atom is 0.328 e. The van der Waals surface area contributed by atoms with Crippen molar-refractivity contribution in [1.82, 2.24) is 42.1 Å². The molecule has 0 saturated carbocycles. The lowest BCUT2D eigenvalue weighted by atomic mass is 10.0. The Balaban J connectivity index is 1.42. The number of carboxylic acid groups (broad SMARTS) is 1. The summed E-state index contributed by atoms with van der Waals surface area (Å²) < 4.78 is 0. The van der Waals surface area contributed by atoms with Gasteiger partial charge in [-0.05, 0) is 103 Å². The van der Waals surface area contributed by atoms with Crippen molar-refractivity contribution in [3.05, 3.63) is 119 Å². The molecule has 0 aliphatic carbocycles. The first-order valence-electron chi connectivity index (χ1n) is 27.6. The number of phenolic OH excluding ortho intramolecular Hbond substituents is 4. The number of likely N-dealkylation sites (tertiary alicyclic amines) is 1. The lowest BCUT2D eigenvalue weighted by Crippen LogP contribution is -2.61. The molecule has 0 bridgehead atoms. The number of primary amides is 2. The summed E-state index contributed by atoms with van der Waals surface area (Å²) >= 11 is 0. The van der Waals surface area contributed by atoms with E-state index in [0.29, 0.717) is 22.3 Å². The minimum absolute atomic E-state index is 0.0419. The zero-order chi connectivity index (χ0) is 64.1. The smallest absolute Gasteiger partial charge is 0.328 e. The van der Waals surface area contributed by atoms with Gasteiger partial charge < -0.3 is 95.1 Å². The average molecular weight is 1210 g/mol. The molecule has 87 heavy (non-hydrogen) atoms. The first-order valence-corrected chi connectivity index (χ1v) is 27.6. The van der Waals surface area contributed by atoms with E-state index in [1.165, 1.54) is 97.1 Å². The Labute approximate surface area is 498 Å². The average Bonchev–Trinajstić information content (AvgIpc) is 2.26. The maximum absolute atomic E-state index is 14.8. The molecule has 0 spiro atoms. The van der Waals surface area contributed by atoms with Crippen LogP contribution in [0.4, 0.5) is 0 Å². The van der Waals surface area contributed by atoms with Crippen LogP contribution in [0.1, 0.15) is 67.7 Å². The molecule has 0 unspecified atom stereocenters. The van der Waals surface area contributed by atoms with Gasteiger partial charge in [0.25, 0.3) is 0 Å². The molecule has 10 amide bonds. The Kier molecular flexibility index (Phi) is 25.3. The van der Waals surface area contributed by atoms with Crippen molar-refractivity contribution in [1.29, 1.82) is 0 Å². The second-order valence-electron chi connectivity index (χ2n) is 20.9. The lowest BCUT2D eigenvalue weighted by molar-refractivity contribution is -0.145. The minimum Gasteiger partial charge on any atom is -0.508 e. The van der Waals surface area contributed by atoms with Crippen LogP contribution in [0.5, 0.6) is 23.0 Å². The van der Waals surface area contributed by atoms with Crippen LogP contribution in [0.2, 0.25) is 0 Å². The second-order valence-corrected chi connectivity index (χ2v) is 20.9. The number of rotatable bonds is 32. The highest BCUT2D eigenvalue weighted by atomic mass is 16.4. The van der Waals surface area contributed by atoms with E-state index in [0.717, 1.165) is 11.8 Å². The van der Waals surface area contributed by atoms with E-state index < -0.39 is 139 Å². The Morgan fingerprint density at radius 1 is 0.494 bits per heavy atom. The van der Waals surface area contributed by atoms with Crippen LogP contribution >= 0.6 is 0 Å². The minimum atomic E-state index is -1.88. The number of carbonyl (C=O) groups is 11. The summed E-state index contributed by atoms with van der Waals surface area (Å²) in [6.07, 6.45) is -3.82. The van der Waals surface area contributed by atoms with E-state index in [2.05, 4.69) is 37.2 Å². The van der Waals surface area contributed by atoms with Gasteiger partial charge in [0, 0.05) is 45.1 Å². The Morgan fingerprint density at radius 2 is 0.839 bits per heavy atom. The molecule has 29 heteroatoms. The zero-order valence-corrected chi connectivity index (χ0v) is 47.3. The number of amides is 10. The summed E-state index contributed by atoms with van der Waals surface area (Å²) in [5, 5.41) is 87.7. The van der Waals surface area contributed by atoms with E-state index in [-0.39, 0.29) is 87.3 Å². The van der Waals surface area contributed by atoms with Crippen molar-refractivity contribution in [3.8, 4) is 23.0 Å². The molecule has 1 aliphatic heterocycles. The van der Waals surface area contributed by atoms with Crippen LogP contribution < -0.4 is 54.4 Å². The third kappa shape index (κ3) is 21.3. The molecule has 5 rings (SSSR count). The fraction of sp³-hybridized carbons (Fsp3) is 0.397. The van der Waals surface area contributed by atoms with Crippen molar-refractivity contribution in [3.63, 3.8) is 0 Å². The number of nitrogens with two attached hydrogens (primary N) is 3. The van der Waals surface area contributed by atoms with Crippen molar-refractivity contribution < 1.29 is 88.5 Å². The van der Waals surface area contributed by atoms with E-state index >= 15 is 0 Å². The van der Waals surface area contributed by atoms with Crippen molar-refractivity contribution in [2.24, 2.45) is 17.2 Å². The van der Waals surface area contributed by atoms with Crippen molar-refractivity contribution >= 4 is 65.0 Å². The van der Waals surface area contributed by atoms with Gasteiger partial charge in [0.05, 0.1) is 18.8 Å². The summed E-state index contributed by atoms with van der Waals surface area (Å²) in [6.45, 7) is -0.0325. The molecule has 1 saturated heterocycles. The Hall–Kier alpha value is -9.87. The first kappa shape index (κ1) is 67.9. The molecule has 0 radical (unpaired) electrons. The predicted octanol–water partition coefficient (Wildman–Crippen LogP) is -3.52. The second kappa shape index (κ2) is 32.4. The van der Waals surface area contributed by atoms with E-state index in [4.69, 9.17) is 17.2 Å². The molecule has 29 nitrogen and oxygen atoms in total. The topological polar surface area (TPSA) is 495 Å². The van der Waals surface area contributed by atoms with Gasteiger partial charge in [-0.3, -0.25) is 47.9 Å². The van der Waals surface area contributed by atoms with E-state index in [9.17, 15) is 88.5 Å². The first-order chi connectivity index (χ1) is 41.2. The molecule has 468 valence electrons.